The molecule has 1 heterocycles. The van der Waals surface area contributed by atoms with E-state index in [4.69, 9.17) is 9.57 Å². The van der Waals surface area contributed by atoms with Crippen molar-refractivity contribution in [2.45, 2.75) is 20.0 Å². The van der Waals surface area contributed by atoms with E-state index in [1.54, 1.807) is 0 Å². The zero-order valence-corrected chi connectivity index (χ0v) is 9.92. The summed E-state index contributed by atoms with van der Waals surface area (Å²) in [6, 6.07) is 9.51. The van der Waals surface area contributed by atoms with Gasteiger partial charge >= 0.3 is 0 Å². The van der Waals surface area contributed by atoms with Crippen LogP contribution in [-0.2, 0) is 9.63 Å². The van der Waals surface area contributed by atoms with E-state index in [1.807, 2.05) is 37.3 Å². The minimum Gasteiger partial charge on any atom is -0.490 e. The molecule has 17 heavy (non-hydrogen) atoms. The molecule has 90 valence electrons. The molecule has 0 spiro atoms. The fraction of sp³-hybridized carbons (Fsp3) is 0.385. The molecule has 2 rings (SSSR count). The van der Waals surface area contributed by atoms with Gasteiger partial charge in [-0.2, -0.15) is 0 Å². The summed E-state index contributed by atoms with van der Waals surface area (Å²) in [7, 11) is 0. The van der Waals surface area contributed by atoms with Crippen molar-refractivity contribution in [3.63, 3.8) is 0 Å². The summed E-state index contributed by atoms with van der Waals surface area (Å²) in [5.41, 5.74) is 0.492. The van der Waals surface area contributed by atoms with Gasteiger partial charge in [0.2, 0.25) is 0 Å². The molecule has 1 aliphatic rings. The lowest BCUT2D eigenvalue weighted by atomic mass is 9.98. The van der Waals surface area contributed by atoms with Crippen molar-refractivity contribution in [1.82, 2.24) is 0 Å². The second-order valence-corrected chi connectivity index (χ2v) is 4.09. The second-order valence-electron chi connectivity index (χ2n) is 4.09. The third-order valence-corrected chi connectivity index (χ3v) is 2.79. The molecule has 0 radical (unpaired) electrons. The van der Waals surface area contributed by atoms with Gasteiger partial charge in [-0.25, -0.2) is 0 Å². The Morgan fingerprint density at radius 2 is 2.12 bits per heavy atom. The number of carbonyl (C=O) groups is 1. The molecule has 2 unspecified atom stereocenters. The fourth-order valence-electron chi connectivity index (χ4n) is 1.73. The zero-order chi connectivity index (χ0) is 12.3. The van der Waals surface area contributed by atoms with Gasteiger partial charge in [-0.3, -0.25) is 4.79 Å². The highest BCUT2D eigenvalue weighted by atomic mass is 16.7. The van der Waals surface area contributed by atoms with Crippen molar-refractivity contribution in [1.29, 1.82) is 0 Å². The van der Waals surface area contributed by atoms with E-state index < -0.39 is 0 Å². The van der Waals surface area contributed by atoms with Crippen LogP contribution in [0, 0.1) is 5.92 Å². The van der Waals surface area contributed by atoms with Gasteiger partial charge in [0.05, 0.1) is 0 Å². The van der Waals surface area contributed by atoms with Crippen LogP contribution in [0.5, 0.6) is 5.75 Å². The molecule has 0 aromatic heterocycles. The van der Waals surface area contributed by atoms with Crippen LogP contribution in [0.1, 0.15) is 13.8 Å². The molecule has 1 aromatic rings. The highest BCUT2D eigenvalue weighted by Crippen LogP contribution is 2.20. The maximum absolute atomic E-state index is 11.2. The summed E-state index contributed by atoms with van der Waals surface area (Å²) in [6.07, 6.45) is -0.186. The summed E-state index contributed by atoms with van der Waals surface area (Å²) in [5.74, 6) is 0.732. The SMILES string of the molecule is CC(=O)C1=NOC(COc2ccccc2)C1C. The van der Waals surface area contributed by atoms with Crippen molar-refractivity contribution in [2.24, 2.45) is 11.1 Å². The van der Waals surface area contributed by atoms with Gasteiger partial charge in [0.15, 0.2) is 11.9 Å². The van der Waals surface area contributed by atoms with Crippen LogP contribution in [0.4, 0.5) is 0 Å². The average molecular weight is 233 g/mol. The van der Waals surface area contributed by atoms with Crippen molar-refractivity contribution in [3.8, 4) is 5.75 Å². The normalized spacial score (nSPS) is 22.8. The third kappa shape index (κ3) is 2.64. The molecule has 0 saturated carbocycles. The van der Waals surface area contributed by atoms with Gasteiger partial charge in [-0.05, 0) is 12.1 Å². The number of Topliss-reactive ketones (excluding diaryl/α,β-unsaturated/α-hetero) is 1. The van der Waals surface area contributed by atoms with E-state index >= 15 is 0 Å². The Morgan fingerprint density at radius 1 is 1.41 bits per heavy atom. The molecule has 0 bridgehead atoms. The number of hydrogen-bond acceptors (Lipinski definition) is 4. The number of oxime groups is 1. The van der Waals surface area contributed by atoms with Crippen LogP contribution >= 0.6 is 0 Å². The van der Waals surface area contributed by atoms with E-state index in [0.29, 0.717) is 12.3 Å². The van der Waals surface area contributed by atoms with Crippen LogP contribution in [-0.4, -0.2) is 24.2 Å². The number of nitrogens with zero attached hydrogens (tertiary/aromatic N) is 1. The maximum atomic E-state index is 11.2. The summed E-state index contributed by atoms with van der Waals surface area (Å²) in [4.78, 5) is 16.4. The van der Waals surface area contributed by atoms with Crippen molar-refractivity contribution >= 4 is 11.5 Å². The molecular weight excluding hydrogens is 218 g/mol. The molecule has 0 amide bonds. The summed E-state index contributed by atoms with van der Waals surface area (Å²) < 4.78 is 5.58. The smallest absolute Gasteiger partial charge is 0.177 e. The van der Waals surface area contributed by atoms with Crippen molar-refractivity contribution in [3.05, 3.63) is 30.3 Å². The average Bonchev–Trinajstić information content (AvgIpc) is 2.69. The summed E-state index contributed by atoms with van der Waals surface area (Å²) in [5, 5.41) is 3.80. The van der Waals surface area contributed by atoms with Crippen LogP contribution in [0.25, 0.3) is 0 Å². The predicted molar refractivity (Wildman–Crippen MR) is 64.1 cm³/mol. The van der Waals surface area contributed by atoms with Crippen LogP contribution in [0.15, 0.2) is 35.5 Å². The first-order valence-electron chi connectivity index (χ1n) is 5.61. The molecule has 0 N–H and O–H groups in total. The molecule has 1 aromatic carbocycles. The number of rotatable bonds is 4. The molecular formula is C13H15NO3. The molecule has 2 atom stereocenters. The number of para-hydroxylation sites is 1. The summed E-state index contributed by atoms with van der Waals surface area (Å²) >= 11 is 0. The number of hydrogen-bond donors (Lipinski definition) is 0. The first-order valence-corrected chi connectivity index (χ1v) is 5.61. The Kier molecular flexibility index (Phi) is 3.42. The number of carbonyl (C=O) groups excluding carboxylic acids is 1. The number of ether oxygens (including phenoxy) is 1. The van der Waals surface area contributed by atoms with Crippen molar-refractivity contribution < 1.29 is 14.4 Å². The van der Waals surface area contributed by atoms with Crippen molar-refractivity contribution in [2.75, 3.05) is 6.61 Å². The molecule has 0 saturated heterocycles. The van der Waals surface area contributed by atoms with Gasteiger partial charge in [-0.1, -0.05) is 30.3 Å². The molecule has 0 fully saturated rings. The van der Waals surface area contributed by atoms with Gasteiger partial charge in [-0.15, -0.1) is 0 Å². The Morgan fingerprint density at radius 3 is 2.71 bits per heavy atom. The lowest BCUT2D eigenvalue weighted by Gasteiger charge is -2.14. The van der Waals surface area contributed by atoms with E-state index in [0.717, 1.165) is 5.75 Å². The van der Waals surface area contributed by atoms with Crippen LogP contribution < -0.4 is 4.74 Å². The van der Waals surface area contributed by atoms with E-state index in [1.165, 1.54) is 6.92 Å². The third-order valence-electron chi connectivity index (χ3n) is 2.79. The van der Waals surface area contributed by atoms with Gasteiger partial charge in [0.25, 0.3) is 0 Å². The largest absolute Gasteiger partial charge is 0.490 e. The maximum Gasteiger partial charge on any atom is 0.177 e. The van der Waals surface area contributed by atoms with E-state index in [-0.39, 0.29) is 17.8 Å². The lowest BCUT2D eigenvalue weighted by Crippen LogP contribution is -2.29. The van der Waals surface area contributed by atoms with E-state index in [9.17, 15) is 4.79 Å². The van der Waals surface area contributed by atoms with Gasteiger partial charge in [0, 0.05) is 12.8 Å². The standard InChI is InChI=1S/C13H15NO3/c1-9-12(17-14-13(9)10(2)15)8-16-11-6-4-3-5-7-11/h3-7,9,12H,8H2,1-2H3. The first kappa shape index (κ1) is 11.6. The lowest BCUT2D eigenvalue weighted by molar-refractivity contribution is -0.111. The molecule has 0 aliphatic carbocycles. The Hall–Kier alpha value is -1.84. The number of ketones is 1. The monoisotopic (exact) mass is 233 g/mol. The quantitative estimate of drug-likeness (QED) is 0.799. The van der Waals surface area contributed by atoms with Crippen LogP contribution in [0.3, 0.4) is 0 Å². The fourth-order valence-corrected chi connectivity index (χ4v) is 1.73. The molecule has 4 heteroatoms. The Labute approximate surface area is 100 Å². The molecule has 4 nitrogen and oxygen atoms in total. The first-order chi connectivity index (χ1) is 8.18. The van der Waals surface area contributed by atoms with Gasteiger partial charge in [0.1, 0.15) is 18.1 Å². The topological polar surface area (TPSA) is 47.9 Å². The van der Waals surface area contributed by atoms with E-state index in [2.05, 4.69) is 5.16 Å². The minimum atomic E-state index is -0.186. The Bertz CT molecular complexity index is 428. The van der Waals surface area contributed by atoms with Crippen LogP contribution in [0.2, 0.25) is 0 Å². The second kappa shape index (κ2) is 4.99. The summed E-state index contributed by atoms with van der Waals surface area (Å²) in [6.45, 7) is 3.82. The van der Waals surface area contributed by atoms with Gasteiger partial charge < -0.3 is 9.57 Å². The Balaban J connectivity index is 1.89. The molecule has 1 aliphatic heterocycles. The highest BCUT2D eigenvalue weighted by Gasteiger charge is 2.33. The predicted octanol–water partition coefficient (Wildman–Crippen LogP) is 2.05. The highest BCUT2D eigenvalue weighted by molar-refractivity contribution is 6.39. The minimum absolute atomic E-state index is 0.0174. The number of benzene rings is 1. The zero-order valence-electron chi connectivity index (χ0n) is 9.92.